The summed E-state index contributed by atoms with van der Waals surface area (Å²) in [4.78, 5) is 23.4. The highest BCUT2D eigenvalue weighted by molar-refractivity contribution is 8.14. The Morgan fingerprint density at radius 3 is 2.14 bits per heavy atom. The summed E-state index contributed by atoms with van der Waals surface area (Å²) in [5, 5.41) is 9.23. The molecule has 3 nitrogen and oxygen atoms in total. The van der Waals surface area contributed by atoms with Crippen molar-refractivity contribution < 1.29 is 14.7 Å². The average Bonchev–Trinajstić information content (AvgIpc) is 2.56. The van der Waals surface area contributed by atoms with Gasteiger partial charge in [-0.05, 0) is 18.4 Å². The molecule has 2 aromatic rings. The molecule has 0 saturated carbocycles. The molecule has 2 aromatic carbocycles. The Bertz CT molecular complexity index is 611. The lowest BCUT2D eigenvalue weighted by atomic mass is 10.0. The van der Waals surface area contributed by atoms with Gasteiger partial charge in [-0.1, -0.05) is 72.4 Å². The molecule has 0 spiro atoms. The van der Waals surface area contributed by atoms with E-state index in [1.165, 1.54) is 0 Å². The van der Waals surface area contributed by atoms with Crippen molar-refractivity contribution in [2.24, 2.45) is 5.92 Å². The molecule has 0 aliphatic carbocycles. The molecule has 114 valence electrons. The van der Waals surface area contributed by atoms with Crippen molar-refractivity contribution in [3.8, 4) is 0 Å². The van der Waals surface area contributed by atoms with Crippen LogP contribution in [0.1, 0.15) is 22.3 Å². The van der Waals surface area contributed by atoms with E-state index in [0.717, 1.165) is 17.3 Å². The van der Waals surface area contributed by atoms with E-state index in [0.29, 0.717) is 24.2 Å². The van der Waals surface area contributed by atoms with Crippen molar-refractivity contribution in [3.63, 3.8) is 0 Å². The molecule has 1 atom stereocenters. The lowest BCUT2D eigenvalue weighted by Gasteiger charge is -2.11. The summed E-state index contributed by atoms with van der Waals surface area (Å²) in [5.41, 5.74) is 1.73. The van der Waals surface area contributed by atoms with Gasteiger partial charge in [-0.3, -0.25) is 9.59 Å². The predicted molar refractivity (Wildman–Crippen MR) is 89.1 cm³/mol. The number of benzene rings is 2. The molecular weight excluding hydrogens is 296 g/mol. The van der Waals surface area contributed by atoms with Gasteiger partial charge in [0.1, 0.15) is 0 Å². The molecule has 0 bridgehead atoms. The molecule has 2 rings (SSSR count). The summed E-state index contributed by atoms with van der Waals surface area (Å²) >= 11 is 1.08. The van der Waals surface area contributed by atoms with Crippen LogP contribution in [0.2, 0.25) is 0 Å². The molecule has 0 aliphatic rings. The van der Waals surface area contributed by atoms with Crippen molar-refractivity contribution in [1.82, 2.24) is 0 Å². The maximum Gasteiger partial charge on any atom is 0.307 e. The third kappa shape index (κ3) is 5.04. The molecule has 0 amide bonds. The highest BCUT2D eigenvalue weighted by atomic mass is 32.2. The maximum atomic E-state index is 12.0. The fraction of sp³-hybridized carbons (Fsp3) is 0.222. The van der Waals surface area contributed by atoms with Gasteiger partial charge in [-0.2, -0.15) is 0 Å². The van der Waals surface area contributed by atoms with Crippen molar-refractivity contribution in [2.45, 2.75) is 12.8 Å². The summed E-state index contributed by atoms with van der Waals surface area (Å²) in [6, 6.07) is 18.7. The number of carbonyl (C=O) groups excluding carboxylic acids is 1. The zero-order chi connectivity index (χ0) is 15.8. The second-order valence-electron chi connectivity index (χ2n) is 5.02. The van der Waals surface area contributed by atoms with Crippen LogP contribution < -0.4 is 0 Å². The van der Waals surface area contributed by atoms with Gasteiger partial charge >= 0.3 is 5.97 Å². The molecule has 0 aromatic heterocycles. The number of carbonyl (C=O) groups is 2. The van der Waals surface area contributed by atoms with Crippen molar-refractivity contribution >= 4 is 22.8 Å². The number of aliphatic carboxylic acids is 1. The van der Waals surface area contributed by atoms with Gasteiger partial charge in [-0.15, -0.1) is 0 Å². The van der Waals surface area contributed by atoms with E-state index < -0.39 is 11.9 Å². The number of carboxylic acids is 1. The topological polar surface area (TPSA) is 54.4 Å². The van der Waals surface area contributed by atoms with Gasteiger partial charge in [0.15, 0.2) is 0 Å². The molecule has 0 heterocycles. The van der Waals surface area contributed by atoms with Gasteiger partial charge in [0, 0.05) is 11.3 Å². The summed E-state index contributed by atoms with van der Waals surface area (Å²) in [7, 11) is 0. The molecule has 1 N–H and O–H groups in total. The van der Waals surface area contributed by atoms with Crippen LogP contribution in [-0.4, -0.2) is 21.9 Å². The quantitative estimate of drug-likeness (QED) is 0.842. The molecule has 22 heavy (non-hydrogen) atoms. The van der Waals surface area contributed by atoms with E-state index in [1.807, 2.05) is 36.4 Å². The van der Waals surface area contributed by atoms with E-state index in [1.54, 1.807) is 24.3 Å². The monoisotopic (exact) mass is 314 g/mol. The maximum absolute atomic E-state index is 12.0. The highest BCUT2D eigenvalue weighted by Crippen LogP contribution is 2.19. The van der Waals surface area contributed by atoms with Gasteiger partial charge in [0.05, 0.1) is 5.92 Å². The van der Waals surface area contributed by atoms with Crippen LogP contribution in [0.4, 0.5) is 0 Å². The minimum absolute atomic E-state index is 0.0773. The number of hydrogen-bond donors (Lipinski definition) is 1. The van der Waals surface area contributed by atoms with Crippen LogP contribution >= 0.6 is 11.8 Å². The summed E-state index contributed by atoms with van der Waals surface area (Å²) in [6.07, 6.45) is 1.24. The molecule has 4 heteroatoms. The van der Waals surface area contributed by atoms with E-state index in [-0.39, 0.29) is 5.12 Å². The first-order valence-electron chi connectivity index (χ1n) is 7.15. The second kappa shape index (κ2) is 8.39. The first kappa shape index (κ1) is 16.3. The normalized spacial score (nSPS) is 11.8. The van der Waals surface area contributed by atoms with Crippen molar-refractivity contribution in [3.05, 3.63) is 71.8 Å². The van der Waals surface area contributed by atoms with Gasteiger partial charge in [0.25, 0.3) is 0 Å². The molecule has 0 aliphatic heterocycles. The fourth-order valence-electron chi connectivity index (χ4n) is 2.10. The Morgan fingerprint density at radius 2 is 1.55 bits per heavy atom. The number of aryl methyl sites for hydroxylation is 1. The number of thioether (sulfide) groups is 1. The van der Waals surface area contributed by atoms with Crippen LogP contribution in [0.15, 0.2) is 60.7 Å². The Balaban J connectivity index is 1.87. The number of hydrogen-bond acceptors (Lipinski definition) is 3. The Labute approximate surface area is 134 Å². The smallest absolute Gasteiger partial charge is 0.307 e. The minimum Gasteiger partial charge on any atom is -0.481 e. The molecular formula is C18H18O3S. The van der Waals surface area contributed by atoms with Gasteiger partial charge < -0.3 is 5.11 Å². The third-order valence-corrected chi connectivity index (χ3v) is 4.47. The SMILES string of the molecule is O=C(SCC(CCc1ccccc1)C(=O)O)c1ccccc1. The first-order valence-corrected chi connectivity index (χ1v) is 8.14. The Morgan fingerprint density at radius 1 is 0.955 bits per heavy atom. The molecule has 0 fully saturated rings. The van der Waals surface area contributed by atoms with E-state index in [9.17, 15) is 14.7 Å². The van der Waals surface area contributed by atoms with Gasteiger partial charge in [-0.25, -0.2) is 0 Å². The Hall–Kier alpha value is -2.07. The summed E-state index contributed by atoms with van der Waals surface area (Å²) in [5.74, 6) is -1.06. The van der Waals surface area contributed by atoms with Crippen LogP contribution in [0.3, 0.4) is 0 Å². The van der Waals surface area contributed by atoms with E-state index >= 15 is 0 Å². The summed E-state index contributed by atoms with van der Waals surface area (Å²) < 4.78 is 0. The lowest BCUT2D eigenvalue weighted by molar-refractivity contribution is -0.141. The predicted octanol–water partition coefficient (Wildman–Crippen LogP) is 3.89. The van der Waals surface area contributed by atoms with Crippen LogP contribution in [-0.2, 0) is 11.2 Å². The zero-order valence-electron chi connectivity index (χ0n) is 12.1. The summed E-state index contributed by atoms with van der Waals surface area (Å²) in [6.45, 7) is 0. The van der Waals surface area contributed by atoms with Crippen LogP contribution in [0.25, 0.3) is 0 Å². The highest BCUT2D eigenvalue weighted by Gasteiger charge is 2.19. The van der Waals surface area contributed by atoms with Crippen LogP contribution in [0, 0.1) is 5.92 Å². The number of rotatable bonds is 7. The minimum atomic E-state index is -0.843. The van der Waals surface area contributed by atoms with E-state index in [4.69, 9.17) is 0 Å². The molecule has 0 radical (unpaired) electrons. The van der Waals surface area contributed by atoms with Crippen molar-refractivity contribution in [2.75, 3.05) is 5.75 Å². The second-order valence-corrected chi connectivity index (χ2v) is 6.02. The third-order valence-electron chi connectivity index (χ3n) is 3.40. The first-order chi connectivity index (χ1) is 10.7. The largest absolute Gasteiger partial charge is 0.481 e. The number of carboxylic acid groups (broad SMARTS) is 1. The average molecular weight is 314 g/mol. The Kier molecular flexibility index (Phi) is 6.22. The zero-order valence-corrected chi connectivity index (χ0v) is 13.0. The fourth-order valence-corrected chi connectivity index (χ4v) is 3.06. The van der Waals surface area contributed by atoms with Crippen LogP contribution in [0.5, 0.6) is 0 Å². The van der Waals surface area contributed by atoms with Crippen molar-refractivity contribution in [1.29, 1.82) is 0 Å². The molecule has 0 saturated heterocycles. The standard InChI is InChI=1S/C18H18O3S/c19-17(20)16(12-11-14-7-3-1-4-8-14)13-22-18(21)15-9-5-2-6-10-15/h1-10,16H,11-13H2,(H,19,20). The van der Waals surface area contributed by atoms with Gasteiger partial charge in [0.2, 0.25) is 5.12 Å². The molecule has 1 unspecified atom stereocenters. The lowest BCUT2D eigenvalue weighted by Crippen LogP contribution is -2.18. The van der Waals surface area contributed by atoms with E-state index in [2.05, 4.69) is 0 Å².